The number of hydrogen-bond acceptors (Lipinski definition) is 3. The van der Waals surface area contributed by atoms with Crippen molar-refractivity contribution < 1.29 is 14.6 Å². The number of aromatic carboxylic acids is 1. The zero-order valence-electron chi connectivity index (χ0n) is 10.3. The second kappa shape index (κ2) is 4.91. The number of carboxylic acids is 1. The first-order valence-corrected chi connectivity index (χ1v) is 5.50. The molecule has 0 amide bonds. The summed E-state index contributed by atoms with van der Waals surface area (Å²) < 4.78 is 7.05. The molecule has 0 atom stereocenters. The topological polar surface area (TPSA) is 64.3 Å². The van der Waals surface area contributed by atoms with E-state index < -0.39 is 5.97 Å². The maximum atomic E-state index is 10.8. The smallest absolute Gasteiger partial charge is 0.356 e. The maximum absolute atomic E-state index is 10.8. The molecule has 0 fully saturated rings. The van der Waals surface area contributed by atoms with Crippen LogP contribution in [0, 0.1) is 6.92 Å². The van der Waals surface area contributed by atoms with Crippen LogP contribution in [-0.4, -0.2) is 27.7 Å². The lowest BCUT2D eigenvalue weighted by Gasteiger charge is -2.09. The second-order valence-electron chi connectivity index (χ2n) is 3.92. The summed E-state index contributed by atoms with van der Waals surface area (Å²) in [5.41, 5.74) is 1.04. The van der Waals surface area contributed by atoms with Crippen molar-refractivity contribution in [3.8, 4) is 5.75 Å². The minimum atomic E-state index is -1.02. The Kier molecular flexibility index (Phi) is 3.32. The molecule has 0 saturated heterocycles. The average Bonchev–Trinajstić information content (AvgIpc) is 2.72. The third-order valence-electron chi connectivity index (χ3n) is 2.73. The number of carboxylic acid groups (broad SMARTS) is 1. The molecule has 0 aliphatic heterocycles. The SMILES string of the molecule is COc1ccccc1Cn1cc(C(=O)O)nc1C. The average molecular weight is 246 g/mol. The third-order valence-corrected chi connectivity index (χ3v) is 2.73. The van der Waals surface area contributed by atoms with Crippen molar-refractivity contribution in [1.82, 2.24) is 9.55 Å². The second-order valence-corrected chi connectivity index (χ2v) is 3.92. The van der Waals surface area contributed by atoms with E-state index in [4.69, 9.17) is 9.84 Å². The number of methoxy groups -OCH3 is 1. The van der Waals surface area contributed by atoms with Crippen LogP contribution < -0.4 is 4.74 Å². The Hall–Kier alpha value is -2.30. The summed E-state index contributed by atoms with van der Waals surface area (Å²) in [6, 6.07) is 7.63. The Morgan fingerprint density at radius 1 is 1.44 bits per heavy atom. The summed E-state index contributed by atoms with van der Waals surface area (Å²) in [6.07, 6.45) is 1.53. The van der Waals surface area contributed by atoms with E-state index in [0.29, 0.717) is 12.4 Å². The van der Waals surface area contributed by atoms with Gasteiger partial charge in [0.25, 0.3) is 0 Å². The van der Waals surface area contributed by atoms with Gasteiger partial charge in [-0.05, 0) is 13.0 Å². The van der Waals surface area contributed by atoms with E-state index in [1.165, 1.54) is 6.20 Å². The van der Waals surface area contributed by atoms with Crippen LogP contribution >= 0.6 is 0 Å². The summed E-state index contributed by atoms with van der Waals surface area (Å²) in [6.45, 7) is 2.32. The first kappa shape index (κ1) is 12.2. The standard InChI is InChI=1S/C13H14N2O3/c1-9-14-11(13(16)17)8-15(9)7-10-5-3-4-6-12(10)18-2/h3-6,8H,7H2,1-2H3,(H,16,17). The first-order chi connectivity index (χ1) is 8.61. The zero-order valence-corrected chi connectivity index (χ0v) is 10.3. The molecular formula is C13H14N2O3. The van der Waals surface area contributed by atoms with Gasteiger partial charge in [-0.25, -0.2) is 9.78 Å². The highest BCUT2D eigenvalue weighted by molar-refractivity contribution is 5.85. The molecule has 1 aromatic heterocycles. The largest absolute Gasteiger partial charge is 0.496 e. The summed E-state index contributed by atoms with van der Waals surface area (Å²) in [7, 11) is 1.61. The highest BCUT2D eigenvalue weighted by Crippen LogP contribution is 2.19. The maximum Gasteiger partial charge on any atom is 0.356 e. The third kappa shape index (κ3) is 2.34. The number of aryl methyl sites for hydroxylation is 1. The molecule has 5 nitrogen and oxygen atoms in total. The molecule has 2 rings (SSSR count). The van der Waals surface area contributed by atoms with E-state index in [1.54, 1.807) is 18.6 Å². The fraction of sp³-hybridized carbons (Fsp3) is 0.231. The molecule has 0 radical (unpaired) electrons. The lowest BCUT2D eigenvalue weighted by molar-refractivity contribution is 0.0691. The van der Waals surface area contributed by atoms with Crippen LogP contribution in [0.5, 0.6) is 5.75 Å². The number of benzene rings is 1. The normalized spacial score (nSPS) is 10.3. The molecule has 1 N–H and O–H groups in total. The molecule has 0 aliphatic rings. The van der Waals surface area contributed by atoms with E-state index in [0.717, 1.165) is 11.3 Å². The van der Waals surface area contributed by atoms with Gasteiger partial charge >= 0.3 is 5.97 Å². The van der Waals surface area contributed by atoms with E-state index in [-0.39, 0.29) is 5.69 Å². The van der Waals surface area contributed by atoms with E-state index in [1.807, 2.05) is 24.3 Å². The van der Waals surface area contributed by atoms with Gasteiger partial charge in [0.1, 0.15) is 11.6 Å². The molecule has 0 spiro atoms. The van der Waals surface area contributed by atoms with Gasteiger partial charge in [0.05, 0.1) is 13.7 Å². The summed E-state index contributed by atoms with van der Waals surface area (Å²) in [5, 5.41) is 8.89. The van der Waals surface area contributed by atoms with Gasteiger partial charge in [-0.15, -0.1) is 0 Å². The van der Waals surface area contributed by atoms with Crippen LogP contribution in [0.25, 0.3) is 0 Å². The number of aromatic nitrogens is 2. The number of hydrogen-bond donors (Lipinski definition) is 1. The molecule has 5 heteroatoms. The molecular weight excluding hydrogens is 232 g/mol. The number of imidazole rings is 1. The highest BCUT2D eigenvalue weighted by atomic mass is 16.5. The highest BCUT2D eigenvalue weighted by Gasteiger charge is 2.11. The minimum Gasteiger partial charge on any atom is -0.496 e. The van der Waals surface area contributed by atoms with Gasteiger partial charge in [-0.1, -0.05) is 18.2 Å². The molecule has 0 unspecified atom stereocenters. The predicted octanol–water partition coefficient (Wildman–Crippen LogP) is 1.95. The van der Waals surface area contributed by atoms with E-state index >= 15 is 0 Å². The molecule has 18 heavy (non-hydrogen) atoms. The van der Waals surface area contributed by atoms with E-state index in [2.05, 4.69) is 4.98 Å². The van der Waals surface area contributed by atoms with Crippen molar-refractivity contribution in [3.63, 3.8) is 0 Å². The number of nitrogens with zero attached hydrogens (tertiary/aromatic N) is 2. The Morgan fingerprint density at radius 3 is 2.78 bits per heavy atom. The fourth-order valence-corrected chi connectivity index (χ4v) is 1.79. The van der Waals surface area contributed by atoms with Gasteiger partial charge in [0.2, 0.25) is 0 Å². The Bertz CT molecular complexity index is 575. The summed E-state index contributed by atoms with van der Waals surface area (Å²) in [4.78, 5) is 14.8. The van der Waals surface area contributed by atoms with Gasteiger partial charge in [-0.2, -0.15) is 0 Å². The molecule has 0 aliphatic carbocycles. The van der Waals surface area contributed by atoms with Crippen LogP contribution in [0.4, 0.5) is 0 Å². The summed E-state index contributed by atoms with van der Waals surface area (Å²) in [5.74, 6) is 0.428. The first-order valence-electron chi connectivity index (χ1n) is 5.50. The summed E-state index contributed by atoms with van der Waals surface area (Å²) >= 11 is 0. The molecule has 1 aromatic carbocycles. The number of carbonyl (C=O) groups is 1. The number of rotatable bonds is 4. The Labute approximate surface area is 105 Å². The van der Waals surface area contributed by atoms with Crippen molar-refractivity contribution in [3.05, 3.63) is 47.5 Å². The van der Waals surface area contributed by atoms with Crippen LogP contribution in [0.1, 0.15) is 21.9 Å². The van der Waals surface area contributed by atoms with Crippen LogP contribution in [-0.2, 0) is 6.54 Å². The Balaban J connectivity index is 2.31. The quantitative estimate of drug-likeness (QED) is 0.895. The minimum absolute atomic E-state index is 0.0578. The van der Waals surface area contributed by atoms with Gasteiger partial charge in [0.15, 0.2) is 5.69 Å². The predicted molar refractivity (Wildman–Crippen MR) is 66.0 cm³/mol. The molecule has 2 aromatic rings. The van der Waals surface area contributed by atoms with Crippen molar-refractivity contribution in [2.75, 3.05) is 7.11 Å². The van der Waals surface area contributed by atoms with Crippen molar-refractivity contribution >= 4 is 5.97 Å². The fourth-order valence-electron chi connectivity index (χ4n) is 1.79. The number of para-hydroxylation sites is 1. The van der Waals surface area contributed by atoms with Gasteiger partial charge in [0, 0.05) is 11.8 Å². The molecule has 1 heterocycles. The van der Waals surface area contributed by atoms with Gasteiger partial charge in [-0.3, -0.25) is 0 Å². The molecule has 0 saturated carbocycles. The molecule has 0 bridgehead atoms. The van der Waals surface area contributed by atoms with Crippen molar-refractivity contribution in [2.45, 2.75) is 13.5 Å². The van der Waals surface area contributed by atoms with Crippen LogP contribution in [0.2, 0.25) is 0 Å². The van der Waals surface area contributed by atoms with Crippen molar-refractivity contribution in [2.24, 2.45) is 0 Å². The lowest BCUT2D eigenvalue weighted by Crippen LogP contribution is -2.02. The van der Waals surface area contributed by atoms with E-state index in [9.17, 15) is 4.79 Å². The Morgan fingerprint density at radius 2 is 2.17 bits per heavy atom. The van der Waals surface area contributed by atoms with Gasteiger partial charge < -0.3 is 14.4 Å². The zero-order chi connectivity index (χ0) is 13.1. The van der Waals surface area contributed by atoms with Crippen molar-refractivity contribution in [1.29, 1.82) is 0 Å². The van der Waals surface area contributed by atoms with Crippen LogP contribution in [0.15, 0.2) is 30.5 Å². The lowest BCUT2D eigenvalue weighted by atomic mass is 10.2. The monoisotopic (exact) mass is 246 g/mol. The number of ether oxygens (including phenoxy) is 1. The molecule has 94 valence electrons. The van der Waals surface area contributed by atoms with Crippen LogP contribution in [0.3, 0.4) is 0 Å².